The predicted octanol–water partition coefficient (Wildman–Crippen LogP) is 3.19. The van der Waals surface area contributed by atoms with Crippen molar-refractivity contribution in [2.75, 3.05) is 6.61 Å². The maximum atomic E-state index is 13.1. The van der Waals surface area contributed by atoms with Crippen LogP contribution in [0.4, 0.5) is 0 Å². The third kappa shape index (κ3) is 4.80. The Hall–Kier alpha value is -2.19. The minimum Gasteiger partial charge on any atom is -0.460 e. The number of hydrazone groups is 1. The fraction of sp³-hybridized carbons (Fsp3) is 0.550. The number of amides is 1. The molecule has 8 heteroatoms. The molecule has 2 atom stereocenters. The van der Waals surface area contributed by atoms with E-state index in [1.165, 1.54) is 5.01 Å². The van der Waals surface area contributed by atoms with Crippen LogP contribution in [0.25, 0.3) is 0 Å². The molecule has 0 saturated carbocycles. The minimum absolute atomic E-state index is 0.0316. The highest BCUT2D eigenvalue weighted by atomic mass is 28.4. The van der Waals surface area contributed by atoms with Crippen LogP contribution in [0, 0.1) is 0 Å². The molecule has 0 aromatic heterocycles. The normalized spacial score (nSPS) is 21.1. The first-order chi connectivity index (χ1) is 13.0. The van der Waals surface area contributed by atoms with Gasteiger partial charge in [0.25, 0.3) is 5.91 Å². The SMILES string of the molecule is CCOC(=O)/C(N)=N/N1C(=O)[C@@H](O[Si](C)(C)C(C)(C)C)C[C@H]1c1ccccc1. The lowest BCUT2D eigenvalue weighted by Crippen LogP contribution is -2.46. The van der Waals surface area contributed by atoms with E-state index in [-0.39, 0.29) is 29.4 Å². The first-order valence-corrected chi connectivity index (χ1v) is 12.5. The number of benzene rings is 1. The van der Waals surface area contributed by atoms with Gasteiger partial charge in [0.05, 0.1) is 12.6 Å². The Bertz CT molecular complexity index is 744. The maximum Gasteiger partial charge on any atom is 0.375 e. The highest BCUT2D eigenvalue weighted by molar-refractivity contribution is 6.74. The van der Waals surface area contributed by atoms with Gasteiger partial charge in [0.2, 0.25) is 5.84 Å². The first kappa shape index (κ1) is 22.1. The van der Waals surface area contributed by atoms with E-state index in [0.717, 1.165) is 5.56 Å². The highest BCUT2D eigenvalue weighted by Crippen LogP contribution is 2.41. The van der Waals surface area contributed by atoms with Crippen molar-refractivity contribution < 1.29 is 18.8 Å². The number of carbonyl (C=O) groups excluding carboxylic acids is 2. The number of nitrogens with two attached hydrogens (primary N) is 1. The number of carbonyl (C=O) groups is 2. The van der Waals surface area contributed by atoms with E-state index in [0.29, 0.717) is 6.42 Å². The smallest absolute Gasteiger partial charge is 0.375 e. The Morgan fingerprint density at radius 3 is 2.43 bits per heavy atom. The Morgan fingerprint density at radius 1 is 1.29 bits per heavy atom. The summed E-state index contributed by atoms with van der Waals surface area (Å²) >= 11 is 0. The second-order valence-corrected chi connectivity index (χ2v) is 13.2. The van der Waals surface area contributed by atoms with E-state index in [2.05, 4.69) is 39.0 Å². The molecule has 1 aliphatic rings. The maximum absolute atomic E-state index is 13.1. The molecule has 0 aliphatic carbocycles. The van der Waals surface area contributed by atoms with Crippen LogP contribution in [0.1, 0.15) is 45.7 Å². The molecule has 0 radical (unpaired) electrons. The molecular weight excluding hydrogens is 374 g/mol. The average molecular weight is 406 g/mol. The standard InChI is InChI=1S/C20H31N3O4Si/c1-7-26-19(25)17(21)22-23-15(14-11-9-8-10-12-14)13-16(18(23)24)27-28(5,6)20(2,3)4/h8-12,15-16H,7,13H2,1-6H3,(H2,21,22)/t15-,16-/m0/s1. The van der Waals surface area contributed by atoms with Crippen molar-refractivity contribution in [2.45, 2.75) is 64.4 Å². The van der Waals surface area contributed by atoms with Gasteiger partial charge in [-0.25, -0.2) is 9.80 Å². The van der Waals surface area contributed by atoms with E-state index >= 15 is 0 Å². The van der Waals surface area contributed by atoms with Gasteiger partial charge in [0.15, 0.2) is 8.32 Å². The summed E-state index contributed by atoms with van der Waals surface area (Å²) in [6.45, 7) is 12.5. The Kier molecular flexibility index (Phi) is 6.66. The molecule has 2 N–H and O–H groups in total. The molecule has 154 valence electrons. The fourth-order valence-electron chi connectivity index (χ4n) is 2.77. The van der Waals surface area contributed by atoms with Crippen LogP contribution in [-0.2, 0) is 18.8 Å². The molecule has 1 saturated heterocycles. The van der Waals surface area contributed by atoms with Gasteiger partial charge in [-0.15, -0.1) is 5.10 Å². The molecular formula is C20H31N3O4Si. The van der Waals surface area contributed by atoms with Gasteiger partial charge in [0, 0.05) is 6.42 Å². The second kappa shape index (κ2) is 8.44. The van der Waals surface area contributed by atoms with Gasteiger partial charge in [-0.3, -0.25) is 4.79 Å². The van der Waals surface area contributed by atoms with Crippen LogP contribution in [0.5, 0.6) is 0 Å². The zero-order valence-corrected chi connectivity index (χ0v) is 18.6. The van der Waals surface area contributed by atoms with Crippen molar-refractivity contribution in [1.29, 1.82) is 0 Å². The van der Waals surface area contributed by atoms with Crippen LogP contribution in [0.15, 0.2) is 35.4 Å². The largest absolute Gasteiger partial charge is 0.460 e. The lowest BCUT2D eigenvalue weighted by atomic mass is 10.0. The van der Waals surface area contributed by atoms with E-state index < -0.39 is 20.4 Å². The molecule has 0 spiro atoms. The van der Waals surface area contributed by atoms with Crippen molar-refractivity contribution in [3.8, 4) is 0 Å². The zero-order chi connectivity index (χ0) is 21.1. The number of ether oxygens (including phenoxy) is 1. The predicted molar refractivity (Wildman–Crippen MR) is 111 cm³/mol. The minimum atomic E-state index is -2.17. The van der Waals surface area contributed by atoms with E-state index in [9.17, 15) is 9.59 Å². The third-order valence-electron chi connectivity index (χ3n) is 5.36. The molecule has 1 fully saturated rings. The molecule has 1 aromatic rings. The number of hydrogen-bond acceptors (Lipinski definition) is 5. The van der Waals surface area contributed by atoms with Gasteiger partial charge < -0.3 is 14.9 Å². The Labute approximate surface area is 168 Å². The van der Waals surface area contributed by atoms with Gasteiger partial charge >= 0.3 is 5.97 Å². The Morgan fingerprint density at radius 2 is 1.89 bits per heavy atom. The summed E-state index contributed by atoms with van der Waals surface area (Å²) in [6, 6.07) is 9.21. The van der Waals surface area contributed by atoms with Crippen LogP contribution in [0.3, 0.4) is 0 Å². The summed E-state index contributed by atoms with van der Waals surface area (Å²) in [5.41, 5.74) is 6.69. The van der Waals surface area contributed by atoms with Crippen molar-refractivity contribution in [3.05, 3.63) is 35.9 Å². The number of nitrogens with zero attached hydrogens (tertiary/aromatic N) is 2. The first-order valence-electron chi connectivity index (χ1n) is 9.55. The van der Waals surface area contributed by atoms with Gasteiger partial charge in [-0.05, 0) is 30.6 Å². The molecule has 28 heavy (non-hydrogen) atoms. The molecule has 0 unspecified atom stereocenters. The van der Waals surface area contributed by atoms with Gasteiger partial charge in [0.1, 0.15) is 6.10 Å². The monoisotopic (exact) mass is 405 g/mol. The van der Waals surface area contributed by atoms with Crippen LogP contribution in [0.2, 0.25) is 18.1 Å². The van der Waals surface area contributed by atoms with Crippen molar-refractivity contribution in [3.63, 3.8) is 0 Å². The molecule has 1 aromatic carbocycles. The summed E-state index contributed by atoms with van der Waals surface area (Å²) < 4.78 is 11.3. The van der Waals surface area contributed by atoms with Crippen LogP contribution >= 0.6 is 0 Å². The van der Waals surface area contributed by atoms with Crippen molar-refractivity contribution >= 4 is 26.0 Å². The van der Waals surface area contributed by atoms with Gasteiger partial charge in [-0.2, -0.15) is 0 Å². The topological polar surface area (TPSA) is 94.2 Å². The summed E-state index contributed by atoms with van der Waals surface area (Å²) in [6.07, 6.45) is -0.167. The molecule has 1 aliphatic heterocycles. The third-order valence-corrected chi connectivity index (χ3v) is 9.85. The van der Waals surface area contributed by atoms with Crippen molar-refractivity contribution in [2.24, 2.45) is 10.8 Å². The van der Waals surface area contributed by atoms with E-state index in [1.807, 2.05) is 30.3 Å². The number of hydrogen-bond donors (Lipinski definition) is 1. The average Bonchev–Trinajstić information content (AvgIpc) is 2.90. The molecule has 2 rings (SSSR count). The summed E-state index contributed by atoms with van der Waals surface area (Å²) in [4.78, 5) is 25.0. The van der Waals surface area contributed by atoms with E-state index in [1.54, 1.807) is 6.92 Å². The number of rotatable bonds is 5. The van der Waals surface area contributed by atoms with Gasteiger partial charge in [-0.1, -0.05) is 51.1 Å². The molecule has 7 nitrogen and oxygen atoms in total. The zero-order valence-electron chi connectivity index (χ0n) is 17.6. The lowest BCUT2D eigenvalue weighted by molar-refractivity contribution is -0.135. The lowest BCUT2D eigenvalue weighted by Gasteiger charge is -2.37. The summed E-state index contributed by atoms with van der Waals surface area (Å²) in [5.74, 6) is -1.37. The summed E-state index contributed by atoms with van der Waals surface area (Å²) in [5, 5.41) is 5.36. The Balaban J connectivity index is 2.35. The number of amidine groups is 1. The fourth-order valence-corrected chi connectivity index (χ4v) is 4.03. The van der Waals surface area contributed by atoms with Crippen LogP contribution < -0.4 is 5.73 Å². The second-order valence-electron chi connectivity index (χ2n) is 8.42. The quantitative estimate of drug-likeness (QED) is 0.351. The molecule has 1 amide bonds. The summed E-state index contributed by atoms with van der Waals surface area (Å²) in [7, 11) is -2.17. The molecule has 0 bridgehead atoms. The van der Waals surface area contributed by atoms with Crippen molar-refractivity contribution in [1.82, 2.24) is 5.01 Å². The molecule has 1 heterocycles. The highest BCUT2D eigenvalue weighted by Gasteiger charge is 2.47. The number of esters is 1. The van der Waals surface area contributed by atoms with Crippen LogP contribution in [-0.4, -0.2) is 43.7 Å². The van der Waals surface area contributed by atoms with E-state index in [4.69, 9.17) is 14.9 Å².